The quantitative estimate of drug-likeness (QED) is 0.557. The number of aromatic nitrogens is 2. The van der Waals surface area contributed by atoms with Gasteiger partial charge in [0.05, 0.1) is 11.1 Å². The molecule has 0 atom stereocenters. The minimum atomic E-state index is -0.391. The molecule has 2 aromatic heterocycles. The molecular weight excluding hydrogens is 335 g/mol. The lowest BCUT2D eigenvalue weighted by atomic mass is 10.2. The number of carbonyl (C=O) groups excluding carboxylic acids is 1. The summed E-state index contributed by atoms with van der Waals surface area (Å²) in [5.41, 5.74) is 7.13. The molecule has 0 aliphatic heterocycles. The summed E-state index contributed by atoms with van der Waals surface area (Å²) in [6, 6.07) is 6.13. The van der Waals surface area contributed by atoms with Gasteiger partial charge in [0.2, 0.25) is 5.91 Å². The lowest BCUT2D eigenvalue weighted by Gasteiger charge is -2.08. The zero-order valence-corrected chi connectivity index (χ0v) is 13.8. The van der Waals surface area contributed by atoms with Crippen LogP contribution in [-0.2, 0) is 4.79 Å². The van der Waals surface area contributed by atoms with Crippen LogP contribution >= 0.6 is 23.1 Å². The molecule has 0 aliphatic carbocycles. The van der Waals surface area contributed by atoms with Crippen LogP contribution in [0.25, 0.3) is 10.2 Å². The van der Waals surface area contributed by atoms with Crippen LogP contribution in [-0.4, -0.2) is 21.6 Å². The van der Waals surface area contributed by atoms with Gasteiger partial charge in [0.1, 0.15) is 16.5 Å². The molecule has 3 aromatic rings. The van der Waals surface area contributed by atoms with Crippen molar-refractivity contribution in [2.75, 3.05) is 16.8 Å². The Labute approximate surface area is 140 Å². The van der Waals surface area contributed by atoms with Crippen molar-refractivity contribution >= 4 is 50.7 Å². The van der Waals surface area contributed by atoms with Crippen LogP contribution in [0.2, 0.25) is 0 Å². The molecule has 23 heavy (non-hydrogen) atoms. The van der Waals surface area contributed by atoms with Crippen molar-refractivity contribution in [3.8, 4) is 0 Å². The average Bonchev–Trinajstić information content (AvgIpc) is 2.98. The number of nitrogen functional groups attached to an aromatic ring is 1. The van der Waals surface area contributed by atoms with Crippen molar-refractivity contribution in [2.45, 2.75) is 12.1 Å². The van der Waals surface area contributed by atoms with Crippen molar-refractivity contribution in [2.24, 2.45) is 0 Å². The van der Waals surface area contributed by atoms with E-state index in [4.69, 9.17) is 5.73 Å². The second-order valence-corrected chi connectivity index (χ2v) is 6.66. The fourth-order valence-corrected chi connectivity index (χ4v) is 3.45. The number of nitrogens with one attached hydrogen (secondary N) is 1. The van der Waals surface area contributed by atoms with E-state index < -0.39 is 5.82 Å². The Balaban J connectivity index is 1.67. The Hall–Kier alpha value is -2.19. The van der Waals surface area contributed by atoms with Gasteiger partial charge in [0.25, 0.3) is 0 Å². The maximum absolute atomic E-state index is 13.2. The van der Waals surface area contributed by atoms with Gasteiger partial charge < -0.3 is 11.1 Å². The highest BCUT2D eigenvalue weighted by atomic mass is 32.2. The predicted molar refractivity (Wildman–Crippen MR) is 92.3 cm³/mol. The third-order valence-electron chi connectivity index (χ3n) is 3.14. The number of hydrogen-bond acceptors (Lipinski definition) is 6. The summed E-state index contributed by atoms with van der Waals surface area (Å²) in [5, 5.41) is 5.84. The number of thioether (sulfide) groups is 1. The monoisotopic (exact) mass is 348 g/mol. The number of benzene rings is 1. The maximum Gasteiger partial charge on any atom is 0.234 e. The smallest absolute Gasteiger partial charge is 0.234 e. The van der Waals surface area contributed by atoms with Crippen molar-refractivity contribution in [3.05, 3.63) is 41.0 Å². The number of anilines is 2. The molecule has 0 unspecified atom stereocenters. The normalized spacial score (nSPS) is 10.9. The topological polar surface area (TPSA) is 80.9 Å². The van der Waals surface area contributed by atoms with E-state index >= 15 is 0 Å². The predicted octanol–water partition coefficient (Wildman–Crippen LogP) is 3.45. The number of fused-ring (bicyclic) bond motifs is 1. The zero-order valence-electron chi connectivity index (χ0n) is 12.2. The second kappa shape index (κ2) is 6.51. The molecule has 5 nitrogen and oxygen atoms in total. The van der Waals surface area contributed by atoms with E-state index in [9.17, 15) is 9.18 Å². The minimum absolute atomic E-state index is 0.117. The van der Waals surface area contributed by atoms with Crippen LogP contribution in [0.5, 0.6) is 0 Å². The molecule has 0 saturated carbocycles. The lowest BCUT2D eigenvalue weighted by Crippen LogP contribution is -2.15. The Kier molecular flexibility index (Phi) is 4.44. The number of hydrogen-bond donors (Lipinski definition) is 2. The van der Waals surface area contributed by atoms with E-state index in [-0.39, 0.29) is 11.7 Å². The van der Waals surface area contributed by atoms with Crippen molar-refractivity contribution in [1.82, 2.24) is 9.97 Å². The summed E-state index contributed by atoms with van der Waals surface area (Å²) in [4.78, 5) is 21.3. The first-order valence-corrected chi connectivity index (χ1v) is 8.59. The minimum Gasteiger partial charge on any atom is -0.383 e. The van der Waals surface area contributed by atoms with Crippen LogP contribution in [0.15, 0.2) is 34.8 Å². The molecule has 1 aromatic carbocycles. The van der Waals surface area contributed by atoms with Crippen molar-refractivity contribution in [1.29, 1.82) is 0 Å². The SMILES string of the molecule is Cc1ccc(F)cc1NC(=O)CSc1nc(N)c2ccsc2n1. The first-order chi connectivity index (χ1) is 11.0. The second-order valence-electron chi connectivity index (χ2n) is 4.83. The third-order valence-corrected chi connectivity index (χ3v) is 4.79. The number of halogens is 1. The lowest BCUT2D eigenvalue weighted by molar-refractivity contribution is -0.113. The molecule has 3 rings (SSSR count). The van der Waals surface area contributed by atoms with Crippen molar-refractivity contribution in [3.63, 3.8) is 0 Å². The van der Waals surface area contributed by atoms with Gasteiger partial charge in [-0.05, 0) is 36.1 Å². The Bertz CT molecular complexity index is 881. The van der Waals surface area contributed by atoms with E-state index in [1.807, 2.05) is 11.4 Å². The molecule has 0 aliphatic rings. The standard InChI is InChI=1S/C15H13FN4OS2/c1-8-2-3-9(16)6-11(8)18-12(21)7-23-15-19-13(17)10-4-5-22-14(10)20-15/h2-6H,7H2,1H3,(H,18,21)(H2,17,19,20). The Morgan fingerprint density at radius 1 is 1.39 bits per heavy atom. The summed E-state index contributed by atoms with van der Waals surface area (Å²) >= 11 is 2.66. The molecule has 0 saturated heterocycles. The number of thiophene rings is 1. The molecule has 0 bridgehead atoms. The highest BCUT2D eigenvalue weighted by molar-refractivity contribution is 7.99. The van der Waals surface area contributed by atoms with Gasteiger partial charge in [-0.25, -0.2) is 14.4 Å². The van der Waals surface area contributed by atoms with Crippen LogP contribution in [0, 0.1) is 12.7 Å². The summed E-state index contributed by atoms with van der Waals surface area (Å²) in [6.07, 6.45) is 0. The summed E-state index contributed by atoms with van der Waals surface area (Å²) in [7, 11) is 0. The molecule has 0 spiro atoms. The number of nitrogens with two attached hydrogens (primary N) is 1. The van der Waals surface area contributed by atoms with Gasteiger partial charge in [-0.3, -0.25) is 4.79 Å². The summed E-state index contributed by atoms with van der Waals surface area (Å²) < 4.78 is 13.2. The summed E-state index contributed by atoms with van der Waals surface area (Å²) in [6.45, 7) is 1.80. The average molecular weight is 348 g/mol. The van der Waals surface area contributed by atoms with E-state index in [1.165, 1.54) is 35.2 Å². The number of rotatable bonds is 4. The highest BCUT2D eigenvalue weighted by Gasteiger charge is 2.10. The van der Waals surface area contributed by atoms with Gasteiger partial charge in [-0.2, -0.15) is 0 Å². The number of carbonyl (C=O) groups is 1. The summed E-state index contributed by atoms with van der Waals surface area (Å²) in [5.74, 6) is -0.123. The molecule has 0 radical (unpaired) electrons. The van der Waals surface area contributed by atoms with Crippen molar-refractivity contribution < 1.29 is 9.18 Å². The maximum atomic E-state index is 13.2. The third kappa shape index (κ3) is 3.59. The fraction of sp³-hybridized carbons (Fsp3) is 0.133. The Morgan fingerprint density at radius 3 is 3.04 bits per heavy atom. The van der Waals surface area contributed by atoms with E-state index in [1.54, 1.807) is 13.0 Å². The number of aryl methyl sites for hydroxylation is 1. The van der Waals surface area contributed by atoms with E-state index in [0.717, 1.165) is 15.8 Å². The highest BCUT2D eigenvalue weighted by Crippen LogP contribution is 2.26. The van der Waals surface area contributed by atoms with Gasteiger partial charge in [-0.1, -0.05) is 17.8 Å². The Morgan fingerprint density at radius 2 is 2.22 bits per heavy atom. The number of nitrogens with zero attached hydrogens (tertiary/aromatic N) is 2. The number of amides is 1. The van der Waals surface area contributed by atoms with Gasteiger partial charge in [0, 0.05) is 5.69 Å². The molecule has 118 valence electrons. The van der Waals surface area contributed by atoms with Gasteiger partial charge in [-0.15, -0.1) is 11.3 Å². The van der Waals surface area contributed by atoms with E-state index in [0.29, 0.717) is 16.7 Å². The first kappa shape index (κ1) is 15.7. The molecule has 8 heteroatoms. The van der Waals surface area contributed by atoms with Crippen LogP contribution in [0.4, 0.5) is 15.9 Å². The van der Waals surface area contributed by atoms with E-state index in [2.05, 4.69) is 15.3 Å². The zero-order chi connectivity index (χ0) is 16.4. The van der Waals surface area contributed by atoms with Crippen LogP contribution < -0.4 is 11.1 Å². The molecule has 0 fully saturated rings. The molecule has 3 N–H and O–H groups in total. The van der Waals surface area contributed by atoms with Crippen LogP contribution in [0.1, 0.15) is 5.56 Å². The van der Waals surface area contributed by atoms with Gasteiger partial charge in [0.15, 0.2) is 5.16 Å². The van der Waals surface area contributed by atoms with Crippen LogP contribution in [0.3, 0.4) is 0 Å². The fourth-order valence-electron chi connectivity index (χ4n) is 1.97. The van der Waals surface area contributed by atoms with Gasteiger partial charge >= 0.3 is 0 Å². The molecule has 2 heterocycles. The largest absolute Gasteiger partial charge is 0.383 e. The molecular formula is C15H13FN4OS2. The first-order valence-electron chi connectivity index (χ1n) is 6.72. The molecule has 1 amide bonds.